The highest BCUT2D eigenvalue weighted by Gasteiger charge is 2.15. The van der Waals surface area contributed by atoms with Crippen LogP contribution in [0.25, 0.3) is 0 Å². The van der Waals surface area contributed by atoms with Crippen LogP contribution < -0.4 is 5.32 Å². The average Bonchev–Trinajstić information content (AvgIpc) is 2.36. The predicted molar refractivity (Wildman–Crippen MR) is 65.9 cm³/mol. The third-order valence-electron chi connectivity index (χ3n) is 2.73. The van der Waals surface area contributed by atoms with Crippen molar-refractivity contribution in [1.82, 2.24) is 9.97 Å². The first-order chi connectivity index (χ1) is 7.98. The Morgan fingerprint density at radius 3 is 2.82 bits per heavy atom. The SMILES string of the molecule is CCC(C)(C)CNc1ccnc(C(=O)OC)n1. The summed E-state index contributed by atoms with van der Waals surface area (Å²) in [5, 5.41) is 3.20. The van der Waals surface area contributed by atoms with Gasteiger partial charge in [-0.25, -0.2) is 14.8 Å². The van der Waals surface area contributed by atoms with Gasteiger partial charge in [0.2, 0.25) is 5.82 Å². The molecule has 94 valence electrons. The zero-order valence-corrected chi connectivity index (χ0v) is 10.8. The van der Waals surface area contributed by atoms with Crippen LogP contribution in [0.1, 0.15) is 37.8 Å². The molecule has 0 amide bonds. The number of carbonyl (C=O) groups excluding carboxylic acids is 1. The molecule has 0 saturated heterocycles. The van der Waals surface area contributed by atoms with E-state index < -0.39 is 5.97 Å². The van der Waals surface area contributed by atoms with Gasteiger partial charge in [0.05, 0.1) is 7.11 Å². The highest BCUT2D eigenvalue weighted by molar-refractivity contribution is 5.85. The molecule has 1 heterocycles. The van der Waals surface area contributed by atoms with Crippen molar-refractivity contribution in [2.24, 2.45) is 5.41 Å². The molecule has 0 aliphatic rings. The molecule has 5 heteroatoms. The first kappa shape index (κ1) is 13.4. The second-order valence-electron chi connectivity index (χ2n) is 4.63. The van der Waals surface area contributed by atoms with Crippen molar-refractivity contribution in [2.75, 3.05) is 19.0 Å². The number of carbonyl (C=O) groups is 1. The van der Waals surface area contributed by atoms with Gasteiger partial charge in [-0.3, -0.25) is 0 Å². The van der Waals surface area contributed by atoms with Gasteiger partial charge in [-0.15, -0.1) is 0 Å². The summed E-state index contributed by atoms with van der Waals surface area (Å²) in [4.78, 5) is 19.2. The lowest BCUT2D eigenvalue weighted by Gasteiger charge is -2.23. The van der Waals surface area contributed by atoms with Crippen LogP contribution in [0, 0.1) is 5.41 Å². The Morgan fingerprint density at radius 2 is 2.24 bits per heavy atom. The van der Waals surface area contributed by atoms with E-state index in [1.807, 2.05) is 0 Å². The maximum atomic E-state index is 11.2. The third kappa shape index (κ3) is 4.01. The Bertz CT molecular complexity index is 391. The fourth-order valence-electron chi connectivity index (χ4n) is 1.10. The predicted octanol–water partition coefficient (Wildman–Crippen LogP) is 2.11. The molecule has 0 unspecified atom stereocenters. The minimum absolute atomic E-state index is 0.0757. The molecule has 0 radical (unpaired) electrons. The summed E-state index contributed by atoms with van der Waals surface area (Å²) in [5.74, 6) is 0.192. The molecule has 0 aliphatic heterocycles. The molecule has 0 aliphatic carbocycles. The van der Waals surface area contributed by atoms with E-state index >= 15 is 0 Å². The summed E-state index contributed by atoms with van der Waals surface area (Å²) >= 11 is 0. The Hall–Kier alpha value is -1.65. The highest BCUT2D eigenvalue weighted by Crippen LogP contribution is 2.19. The van der Waals surface area contributed by atoms with Crippen LogP contribution in [0.2, 0.25) is 0 Å². The van der Waals surface area contributed by atoms with E-state index in [1.165, 1.54) is 7.11 Å². The van der Waals surface area contributed by atoms with Crippen molar-refractivity contribution in [3.8, 4) is 0 Å². The lowest BCUT2D eigenvalue weighted by Crippen LogP contribution is -2.23. The largest absolute Gasteiger partial charge is 0.463 e. The van der Waals surface area contributed by atoms with Gasteiger partial charge in [0.15, 0.2) is 0 Å². The number of nitrogens with one attached hydrogen (secondary N) is 1. The van der Waals surface area contributed by atoms with Gasteiger partial charge in [-0.2, -0.15) is 0 Å². The topological polar surface area (TPSA) is 64.1 Å². The van der Waals surface area contributed by atoms with Crippen LogP contribution >= 0.6 is 0 Å². The molecule has 0 saturated carbocycles. The van der Waals surface area contributed by atoms with Gasteiger partial charge in [-0.05, 0) is 17.9 Å². The van der Waals surface area contributed by atoms with E-state index in [-0.39, 0.29) is 11.2 Å². The fraction of sp³-hybridized carbons (Fsp3) is 0.583. The fourth-order valence-corrected chi connectivity index (χ4v) is 1.10. The highest BCUT2D eigenvalue weighted by atomic mass is 16.5. The Labute approximate surface area is 102 Å². The molecule has 0 atom stereocenters. The van der Waals surface area contributed by atoms with Crippen LogP contribution in [0.3, 0.4) is 0 Å². The van der Waals surface area contributed by atoms with E-state index in [0.29, 0.717) is 5.82 Å². The molecular formula is C12H19N3O2. The van der Waals surface area contributed by atoms with Crippen molar-refractivity contribution < 1.29 is 9.53 Å². The Morgan fingerprint density at radius 1 is 1.53 bits per heavy atom. The van der Waals surface area contributed by atoms with Gasteiger partial charge in [0.25, 0.3) is 0 Å². The maximum Gasteiger partial charge on any atom is 0.376 e. The maximum absolute atomic E-state index is 11.2. The summed E-state index contributed by atoms with van der Waals surface area (Å²) in [6.07, 6.45) is 2.61. The van der Waals surface area contributed by atoms with Gasteiger partial charge < -0.3 is 10.1 Å². The monoisotopic (exact) mass is 237 g/mol. The Balaban J connectivity index is 2.70. The first-order valence-electron chi connectivity index (χ1n) is 5.64. The van der Waals surface area contributed by atoms with Gasteiger partial charge in [0.1, 0.15) is 5.82 Å². The van der Waals surface area contributed by atoms with Crippen LogP contribution in [-0.2, 0) is 4.74 Å². The zero-order chi connectivity index (χ0) is 12.9. The lowest BCUT2D eigenvalue weighted by atomic mass is 9.90. The van der Waals surface area contributed by atoms with Crippen LogP contribution in [0.4, 0.5) is 5.82 Å². The summed E-state index contributed by atoms with van der Waals surface area (Å²) in [6, 6.07) is 1.73. The normalized spacial score (nSPS) is 11.1. The number of nitrogens with zero attached hydrogens (tertiary/aromatic N) is 2. The number of hydrogen-bond donors (Lipinski definition) is 1. The van der Waals surface area contributed by atoms with Gasteiger partial charge in [0, 0.05) is 12.7 Å². The van der Waals surface area contributed by atoms with Crippen molar-refractivity contribution in [3.63, 3.8) is 0 Å². The van der Waals surface area contributed by atoms with E-state index in [9.17, 15) is 4.79 Å². The van der Waals surface area contributed by atoms with Crippen molar-refractivity contribution in [2.45, 2.75) is 27.2 Å². The Kier molecular flexibility index (Phi) is 4.43. The number of ether oxygens (including phenoxy) is 1. The molecule has 0 fully saturated rings. The van der Waals surface area contributed by atoms with E-state index in [4.69, 9.17) is 0 Å². The smallest absolute Gasteiger partial charge is 0.376 e. The molecule has 1 aromatic heterocycles. The van der Waals surface area contributed by atoms with Crippen LogP contribution in [0.5, 0.6) is 0 Å². The lowest BCUT2D eigenvalue weighted by molar-refractivity contribution is 0.0587. The second kappa shape index (κ2) is 5.61. The van der Waals surface area contributed by atoms with Crippen molar-refractivity contribution in [3.05, 3.63) is 18.1 Å². The second-order valence-corrected chi connectivity index (χ2v) is 4.63. The standard InChI is InChI=1S/C12H19N3O2/c1-5-12(2,3)8-14-9-6-7-13-10(15-9)11(16)17-4/h6-7H,5,8H2,1-4H3,(H,13,14,15). The number of aromatic nitrogens is 2. The van der Waals surface area contributed by atoms with Crippen LogP contribution in [0.15, 0.2) is 12.3 Å². The quantitative estimate of drug-likeness (QED) is 0.794. The first-order valence-corrected chi connectivity index (χ1v) is 5.64. The van der Waals surface area contributed by atoms with E-state index in [0.717, 1.165) is 13.0 Å². The molecule has 5 nitrogen and oxygen atoms in total. The van der Waals surface area contributed by atoms with Gasteiger partial charge >= 0.3 is 5.97 Å². The average molecular weight is 237 g/mol. The van der Waals surface area contributed by atoms with Crippen molar-refractivity contribution >= 4 is 11.8 Å². The van der Waals surface area contributed by atoms with Gasteiger partial charge in [-0.1, -0.05) is 20.8 Å². The summed E-state index contributed by atoms with van der Waals surface area (Å²) in [5.41, 5.74) is 0.191. The number of hydrogen-bond acceptors (Lipinski definition) is 5. The minimum Gasteiger partial charge on any atom is -0.463 e. The third-order valence-corrected chi connectivity index (χ3v) is 2.73. The molecule has 1 rings (SSSR count). The van der Waals surface area contributed by atoms with Crippen molar-refractivity contribution in [1.29, 1.82) is 0 Å². The van der Waals surface area contributed by atoms with E-state index in [1.54, 1.807) is 12.3 Å². The number of esters is 1. The molecule has 1 aromatic rings. The number of methoxy groups -OCH3 is 1. The molecular weight excluding hydrogens is 218 g/mol. The molecule has 0 aromatic carbocycles. The molecule has 17 heavy (non-hydrogen) atoms. The van der Waals surface area contributed by atoms with E-state index in [2.05, 4.69) is 40.8 Å². The minimum atomic E-state index is -0.525. The molecule has 0 bridgehead atoms. The summed E-state index contributed by atoms with van der Waals surface area (Å²) < 4.78 is 4.57. The molecule has 0 spiro atoms. The molecule has 1 N–H and O–H groups in total. The zero-order valence-electron chi connectivity index (χ0n) is 10.8. The summed E-state index contributed by atoms with van der Waals surface area (Å²) in [6.45, 7) is 7.27. The number of rotatable bonds is 5. The van der Waals surface area contributed by atoms with Crippen LogP contribution in [-0.4, -0.2) is 29.6 Å². The summed E-state index contributed by atoms with van der Waals surface area (Å²) in [7, 11) is 1.31. The number of anilines is 1.